The van der Waals surface area contributed by atoms with Gasteiger partial charge in [-0.05, 0) is 104 Å². The molecule has 3 heteroatoms. The molecule has 4 saturated carbocycles. The molecule has 25 heavy (non-hydrogen) atoms. The molecule has 1 aromatic rings. The second kappa shape index (κ2) is 6.12. The predicted octanol–water partition coefficient (Wildman–Crippen LogP) is 7.37. The van der Waals surface area contributed by atoms with Crippen LogP contribution in [0.5, 0.6) is 5.75 Å². The smallest absolute Gasteiger partial charge is 0.250 e. The van der Waals surface area contributed by atoms with Gasteiger partial charge in [0.2, 0.25) is 8.32 Å². The highest BCUT2D eigenvalue weighted by atomic mass is 79.9. The van der Waals surface area contributed by atoms with Crippen LogP contribution in [-0.2, 0) is 0 Å². The van der Waals surface area contributed by atoms with Gasteiger partial charge in [-0.1, -0.05) is 36.7 Å². The lowest BCUT2D eigenvalue weighted by molar-refractivity contribution is -0.00329. The van der Waals surface area contributed by atoms with Crippen molar-refractivity contribution in [3.8, 4) is 5.75 Å². The third-order valence-corrected chi connectivity index (χ3v) is 12.6. The maximum atomic E-state index is 6.83. The summed E-state index contributed by atoms with van der Waals surface area (Å²) in [6.45, 7) is 11.7. The monoisotopic (exact) mass is 420 g/mol. The van der Waals surface area contributed by atoms with Crippen molar-refractivity contribution in [3.05, 3.63) is 28.2 Å². The molecule has 4 aliphatic carbocycles. The largest absolute Gasteiger partial charge is 0.543 e. The number of hydrogen-bond donors (Lipinski definition) is 0. The van der Waals surface area contributed by atoms with Gasteiger partial charge < -0.3 is 4.43 Å². The summed E-state index contributed by atoms with van der Waals surface area (Å²) in [7, 11) is -1.81. The second-order valence-electron chi connectivity index (χ2n) is 10.5. The van der Waals surface area contributed by atoms with Gasteiger partial charge in [0.15, 0.2) is 0 Å². The summed E-state index contributed by atoms with van der Waals surface area (Å²) in [6, 6.07) is 6.79. The van der Waals surface area contributed by atoms with Crippen LogP contribution in [0.2, 0.25) is 18.1 Å². The number of hydrogen-bond acceptors (Lipinski definition) is 1. The summed E-state index contributed by atoms with van der Waals surface area (Å²) in [4.78, 5) is 0. The van der Waals surface area contributed by atoms with Crippen molar-refractivity contribution < 1.29 is 4.43 Å². The standard InChI is InChI=1S/C22H33BrOSi/c1-22(2,3)25(4,5)24-20-7-6-18(23)13-19(20)21-16-9-14-8-15(11-16)12-17(21)10-14/h6-7,13-17,21H,8-12H2,1-5H3. The highest BCUT2D eigenvalue weighted by molar-refractivity contribution is 9.10. The van der Waals surface area contributed by atoms with Crippen LogP contribution < -0.4 is 4.43 Å². The highest BCUT2D eigenvalue weighted by Crippen LogP contribution is 2.61. The lowest BCUT2D eigenvalue weighted by Gasteiger charge is -2.55. The van der Waals surface area contributed by atoms with Gasteiger partial charge in [0.1, 0.15) is 5.75 Å². The third-order valence-electron chi connectivity index (χ3n) is 7.73. The molecular weight excluding hydrogens is 388 g/mol. The Balaban J connectivity index is 1.69. The van der Waals surface area contributed by atoms with Crippen molar-refractivity contribution in [1.82, 2.24) is 0 Å². The van der Waals surface area contributed by atoms with Crippen LogP contribution in [0, 0.1) is 23.7 Å². The Morgan fingerprint density at radius 2 is 1.52 bits per heavy atom. The van der Waals surface area contributed by atoms with E-state index in [2.05, 4.69) is 68.0 Å². The Labute approximate surface area is 163 Å². The summed E-state index contributed by atoms with van der Waals surface area (Å²) in [5, 5.41) is 0.238. The Hall–Kier alpha value is -0.283. The zero-order valence-corrected chi connectivity index (χ0v) is 19.0. The van der Waals surface area contributed by atoms with Crippen LogP contribution in [0.25, 0.3) is 0 Å². The first kappa shape index (κ1) is 18.1. The van der Waals surface area contributed by atoms with Gasteiger partial charge in [0.05, 0.1) is 0 Å². The van der Waals surface area contributed by atoms with Gasteiger partial charge in [-0.2, -0.15) is 0 Å². The van der Waals surface area contributed by atoms with E-state index in [0.29, 0.717) is 0 Å². The first-order chi connectivity index (χ1) is 11.6. The minimum absolute atomic E-state index is 0.238. The first-order valence-electron chi connectivity index (χ1n) is 10.1. The second-order valence-corrected chi connectivity index (χ2v) is 16.1. The minimum Gasteiger partial charge on any atom is -0.543 e. The molecule has 0 atom stereocenters. The lowest BCUT2D eigenvalue weighted by Crippen LogP contribution is -2.46. The molecule has 138 valence electrons. The first-order valence-corrected chi connectivity index (χ1v) is 13.8. The fourth-order valence-electron chi connectivity index (χ4n) is 5.73. The van der Waals surface area contributed by atoms with E-state index in [-0.39, 0.29) is 5.04 Å². The predicted molar refractivity (Wildman–Crippen MR) is 112 cm³/mol. The Kier molecular flexibility index (Phi) is 4.43. The van der Waals surface area contributed by atoms with E-state index in [1.54, 1.807) is 0 Å². The van der Waals surface area contributed by atoms with E-state index in [0.717, 1.165) is 29.6 Å². The number of benzene rings is 1. The molecule has 0 aromatic heterocycles. The molecule has 0 N–H and O–H groups in total. The molecule has 5 rings (SSSR count). The molecule has 1 nitrogen and oxygen atoms in total. The SMILES string of the molecule is CC(C)(C)[Si](C)(C)Oc1ccc(Br)cc1C1C2CC3CC(C2)CC1C3. The molecule has 0 heterocycles. The van der Waals surface area contributed by atoms with Gasteiger partial charge in [-0.25, -0.2) is 0 Å². The highest BCUT2D eigenvalue weighted by Gasteiger charge is 2.49. The van der Waals surface area contributed by atoms with E-state index < -0.39 is 8.32 Å². The van der Waals surface area contributed by atoms with E-state index in [1.165, 1.54) is 47.9 Å². The fourth-order valence-corrected chi connectivity index (χ4v) is 7.15. The van der Waals surface area contributed by atoms with Gasteiger partial charge >= 0.3 is 0 Å². The average Bonchev–Trinajstić information content (AvgIpc) is 2.47. The average molecular weight is 421 g/mol. The lowest BCUT2D eigenvalue weighted by atomic mass is 9.50. The van der Waals surface area contributed by atoms with Crippen molar-refractivity contribution in [2.24, 2.45) is 23.7 Å². The summed E-state index contributed by atoms with van der Waals surface area (Å²) < 4.78 is 8.03. The molecule has 1 aromatic carbocycles. The molecule has 4 aliphatic rings. The van der Waals surface area contributed by atoms with Gasteiger partial charge in [-0.15, -0.1) is 0 Å². The number of rotatable bonds is 3. The van der Waals surface area contributed by atoms with Crippen LogP contribution >= 0.6 is 15.9 Å². The van der Waals surface area contributed by atoms with Crippen LogP contribution in [0.3, 0.4) is 0 Å². The molecular formula is C22H33BrOSi. The fraction of sp³-hybridized carbons (Fsp3) is 0.727. The summed E-state index contributed by atoms with van der Waals surface area (Å²) in [6.07, 6.45) is 7.37. The zero-order chi connectivity index (χ0) is 18.0. The molecule has 0 unspecified atom stereocenters. The van der Waals surface area contributed by atoms with E-state index in [4.69, 9.17) is 4.43 Å². The molecule has 0 amide bonds. The Morgan fingerprint density at radius 1 is 0.960 bits per heavy atom. The molecule has 0 radical (unpaired) electrons. The maximum Gasteiger partial charge on any atom is 0.250 e. The van der Waals surface area contributed by atoms with Gasteiger partial charge in [0.25, 0.3) is 0 Å². The van der Waals surface area contributed by atoms with Crippen LogP contribution in [-0.4, -0.2) is 8.32 Å². The third kappa shape index (κ3) is 3.24. The maximum absolute atomic E-state index is 6.83. The van der Waals surface area contributed by atoms with Crippen LogP contribution in [0.15, 0.2) is 22.7 Å². The minimum atomic E-state index is -1.81. The van der Waals surface area contributed by atoms with Gasteiger partial charge in [-0.3, -0.25) is 0 Å². The van der Waals surface area contributed by atoms with Crippen LogP contribution in [0.1, 0.15) is 64.4 Å². The quantitative estimate of drug-likeness (QED) is 0.463. The van der Waals surface area contributed by atoms with E-state index >= 15 is 0 Å². The van der Waals surface area contributed by atoms with Crippen molar-refractivity contribution in [2.45, 2.75) is 76.9 Å². The molecule has 4 fully saturated rings. The Morgan fingerprint density at radius 3 is 2.04 bits per heavy atom. The van der Waals surface area contributed by atoms with Crippen LogP contribution in [0.4, 0.5) is 0 Å². The van der Waals surface area contributed by atoms with Crippen molar-refractivity contribution in [2.75, 3.05) is 0 Å². The molecule has 0 aliphatic heterocycles. The summed E-state index contributed by atoms with van der Waals surface area (Å²) in [5.74, 6) is 5.75. The van der Waals surface area contributed by atoms with Crippen molar-refractivity contribution in [1.29, 1.82) is 0 Å². The topological polar surface area (TPSA) is 9.23 Å². The summed E-state index contributed by atoms with van der Waals surface area (Å²) in [5.41, 5.74) is 1.51. The molecule has 0 saturated heterocycles. The molecule has 0 spiro atoms. The van der Waals surface area contributed by atoms with E-state index in [9.17, 15) is 0 Å². The Bertz CT molecular complexity index is 632. The normalized spacial score (nSPS) is 34.4. The van der Waals surface area contributed by atoms with Crippen molar-refractivity contribution in [3.63, 3.8) is 0 Å². The molecule has 4 bridgehead atoms. The zero-order valence-electron chi connectivity index (χ0n) is 16.4. The van der Waals surface area contributed by atoms with E-state index in [1.807, 2.05) is 0 Å². The summed E-state index contributed by atoms with van der Waals surface area (Å²) >= 11 is 3.74. The number of halogens is 1. The van der Waals surface area contributed by atoms with Gasteiger partial charge in [0, 0.05) is 4.47 Å². The van der Waals surface area contributed by atoms with Crippen molar-refractivity contribution >= 4 is 24.2 Å².